The summed E-state index contributed by atoms with van der Waals surface area (Å²) >= 11 is 0. The van der Waals surface area contributed by atoms with Crippen molar-refractivity contribution in [2.75, 3.05) is 13.2 Å². The number of hydrogen-bond donors (Lipinski definition) is 2. The Balaban J connectivity index is 1.61. The van der Waals surface area contributed by atoms with Crippen LogP contribution in [0.4, 0.5) is 0 Å². The van der Waals surface area contributed by atoms with Gasteiger partial charge in [0.2, 0.25) is 0 Å². The first-order chi connectivity index (χ1) is 10.8. The van der Waals surface area contributed by atoms with Gasteiger partial charge in [-0.2, -0.15) is 5.26 Å². The highest BCUT2D eigenvalue weighted by molar-refractivity contribution is 5.92. The highest BCUT2D eigenvalue weighted by Crippen LogP contribution is 2.33. The Bertz CT molecular complexity index is 687. The van der Waals surface area contributed by atoms with Crippen LogP contribution < -0.4 is 5.32 Å². The number of hydrogen-bond acceptors (Lipinski definition) is 3. The number of H-pyrrole nitrogens is 1. The summed E-state index contributed by atoms with van der Waals surface area (Å²) in [6.07, 6.45) is 2.48. The average Bonchev–Trinajstić information content (AvgIpc) is 3.22. The summed E-state index contributed by atoms with van der Waals surface area (Å²) in [7, 11) is 0. The molecule has 0 bridgehead atoms. The van der Waals surface area contributed by atoms with E-state index in [0.717, 1.165) is 12.0 Å². The van der Waals surface area contributed by atoms with Gasteiger partial charge in [0.1, 0.15) is 11.8 Å². The average molecular weight is 295 g/mol. The predicted molar refractivity (Wildman–Crippen MR) is 81.1 cm³/mol. The number of amides is 1. The van der Waals surface area contributed by atoms with Gasteiger partial charge in [0, 0.05) is 25.3 Å². The van der Waals surface area contributed by atoms with E-state index in [-0.39, 0.29) is 17.9 Å². The van der Waals surface area contributed by atoms with Crippen molar-refractivity contribution in [2.24, 2.45) is 5.92 Å². The van der Waals surface area contributed by atoms with Crippen LogP contribution in [0.3, 0.4) is 0 Å². The van der Waals surface area contributed by atoms with Gasteiger partial charge in [0.05, 0.1) is 11.7 Å². The fraction of sp³-hybridized carbons (Fsp3) is 0.294. The summed E-state index contributed by atoms with van der Waals surface area (Å²) in [5.41, 5.74) is 2.01. The van der Waals surface area contributed by atoms with Gasteiger partial charge in [-0.15, -0.1) is 0 Å². The van der Waals surface area contributed by atoms with Crippen molar-refractivity contribution in [3.8, 4) is 6.07 Å². The lowest BCUT2D eigenvalue weighted by molar-refractivity contribution is 0.0844. The topological polar surface area (TPSA) is 77.9 Å². The minimum absolute atomic E-state index is 0.0276. The Hall–Kier alpha value is -2.58. The van der Waals surface area contributed by atoms with Crippen LogP contribution in [0, 0.1) is 17.2 Å². The van der Waals surface area contributed by atoms with Crippen molar-refractivity contribution in [2.45, 2.75) is 12.5 Å². The van der Waals surface area contributed by atoms with E-state index in [0.29, 0.717) is 24.4 Å². The number of nitrogens with one attached hydrogen (secondary N) is 2. The number of benzene rings is 1. The molecule has 5 nitrogen and oxygen atoms in total. The first-order valence-corrected chi connectivity index (χ1v) is 7.31. The first-order valence-electron chi connectivity index (χ1n) is 7.31. The molecule has 112 valence electrons. The van der Waals surface area contributed by atoms with Crippen LogP contribution in [-0.4, -0.2) is 24.0 Å². The summed E-state index contributed by atoms with van der Waals surface area (Å²) in [6, 6.07) is 13.6. The van der Waals surface area contributed by atoms with Gasteiger partial charge in [0.15, 0.2) is 0 Å². The zero-order valence-corrected chi connectivity index (χ0v) is 12.1. The molecule has 22 heavy (non-hydrogen) atoms. The number of nitrogens with zero attached hydrogens (tertiary/aromatic N) is 1. The third-order valence-electron chi connectivity index (χ3n) is 3.92. The lowest BCUT2D eigenvalue weighted by Crippen LogP contribution is -2.30. The lowest BCUT2D eigenvalue weighted by atomic mass is 9.95. The molecule has 0 saturated carbocycles. The van der Waals surface area contributed by atoms with Crippen molar-refractivity contribution in [3.63, 3.8) is 0 Å². The third-order valence-corrected chi connectivity index (χ3v) is 3.92. The summed E-state index contributed by atoms with van der Waals surface area (Å²) in [5.74, 6) is 0.0666. The van der Waals surface area contributed by atoms with E-state index in [2.05, 4.69) is 22.4 Å². The number of aromatic amines is 1. The smallest absolute Gasteiger partial charge is 0.267 e. The minimum atomic E-state index is -0.194. The summed E-state index contributed by atoms with van der Waals surface area (Å²) in [4.78, 5) is 14.9. The Morgan fingerprint density at radius 3 is 2.95 bits per heavy atom. The number of aromatic nitrogens is 1. The molecule has 3 rings (SSSR count). The van der Waals surface area contributed by atoms with Gasteiger partial charge in [0.25, 0.3) is 5.91 Å². The maximum absolute atomic E-state index is 12.1. The van der Waals surface area contributed by atoms with Crippen LogP contribution in [0.5, 0.6) is 0 Å². The molecular weight excluding hydrogens is 278 g/mol. The summed E-state index contributed by atoms with van der Waals surface area (Å²) in [6.45, 7) is 1.26. The maximum atomic E-state index is 12.1. The molecule has 1 saturated heterocycles. The third kappa shape index (κ3) is 3.02. The van der Waals surface area contributed by atoms with E-state index < -0.39 is 0 Å². The minimum Gasteiger partial charge on any atom is -0.373 e. The fourth-order valence-corrected chi connectivity index (χ4v) is 2.76. The summed E-state index contributed by atoms with van der Waals surface area (Å²) < 4.78 is 5.81. The molecule has 1 aromatic heterocycles. The molecular formula is C17H17N3O2. The Labute approximate surface area is 128 Å². The highest BCUT2D eigenvalue weighted by atomic mass is 16.5. The van der Waals surface area contributed by atoms with Gasteiger partial charge < -0.3 is 15.0 Å². The quantitative estimate of drug-likeness (QED) is 0.909. The molecule has 1 amide bonds. The fourth-order valence-electron chi connectivity index (χ4n) is 2.76. The van der Waals surface area contributed by atoms with Gasteiger partial charge in [-0.1, -0.05) is 30.3 Å². The Kier molecular flexibility index (Phi) is 4.22. The van der Waals surface area contributed by atoms with Gasteiger partial charge in [-0.05, 0) is 18.1 Å². The van der Waals surface area contributed by atoms with Crippen molar-refractivity contribution in [3.05, 3.63) is 59.4 Å². The molecule has 2 atom stereocenters. The predicted octanol–water partition coefficient (Wildman–Crippen LogP) is 2.39. The van der Waals surface area contributed by atoms with E-state index >= 15 is 0 Å². The van der Waals surface area contributed by atoms with Crippen molar-refractivity contribution >= 4 is 5.91 Å². The molecule has 1 aliphatic rings. The van der Waals surface area contributed by atoms with E-state index in [1.807, 2.05) is 24.3 Å². The molecule has 1 aromatic carbocycles. The monoisotopic (exact) mass is 295 g/mol. The number of carbonyl (C=O) groups excluding carboxylic acids is 1. The molecule has 0 radical (unpaired) electrons. The number of ether oxygens (including phenoxy) is 1. The lowest BCUT2D eigenvalue weighted by Gasteiger charge is -2.19. The molecule has 5 heteroatoms. The zero-order valence-electron chi connectivity index (χ0n) is 12.1. The molecule has 0 unspecified atom stereocenters. The molecule has 1 aliphatic heterocycles. The number of nitriles is 1. The van der Waals surface area contributed by atoms with E-state index in [1.54, 1.807) is 6.07 Å². The van der Waals surface area contributed by atoms with Gasteiger partial charge >= 0.3 is 0 Å². The van der Waals surface area contributed by atoms with Crippen LogP contribution in [0.2, 0.25) is 0 Å². The first kappa shape index (κ1) is 14.4. The Morgan fingerprint density at radius 2 is 2.23 bits per heavy atom. The molecule has 2 aromatic rings. The van der Waals surface area contributed by atoms with Crippen LogP contribution in [0.1, 0.15) is 34.1 Å². The van der Waals surface area contributed by atoms with Gasteiger partial charge in [-0.3, -0.25) is 4.79 Å². The largest absolute Gasteiger partial charge is 0.373 e. The zero-order chi connectivity index (χ0) is 15.4. The maximum Gasteiger partial charge on any atom is 0.267 e. The summed E-state index contributed by atoms with van der Waals surface area (Å²) in [5, 5.41) is 11.7. The molecule has 0 aliphatic carbocycles. The van der Waals surface area contributed by atoms with Crippen LogP contribution in [-0.2, 0) is 4.74 Å². The molecule has 2 heterocycles. The van der Waals surface area contributed by atoms with Crippen LogP contribution >= 0.6 is 0 Å². The Morgan fingerprint density at radius 1 is 1.41 bits per heavy atom. The van der Waals surface area contributed by atoms with Crippen molar-refractivity contribution in [1.82, 2.24) is 10.3 Å². The van der Waals surface area contributed by atoms with Crippen LogP contribution in [0.25, 0.3) is 0 Å². The van der Waals surface area contributed by atoms with E-state index in [4.69, 9.17) is 10.00 Å². The molecule has 2 N–H and O–H groups in total. The van der Waals surface area contributed by atoms with Gasteiger partial charge in [-0.25, -0.2) is 0 Å². The van der Waals surface area contributed by atoms with Crippen molar-refractivity contribution < 1.29 is 9.53 Å². The standard InChI is InChI=1S/C17H17N3O2/c18-9-12-8-15(19-10-12)17(21)20-11-14-6-7-22-16(14)13-4-2-1-3-5-13/h1-5,8,10,14,16,19H,6-7,11H2,(H,20,21)/t14-,16-/m1/s1. The van der Waals surface area contributed by atoms with Crippen LogP contribution in [0.15, 0.2) is 42.6 Å². The second-order valence-corrected chi connectivity index (χ2v) is 5.37. The second kappa shape index (κ2) is 6.46. The highest BCUT2D eigenvalue weighted by Gasteiger charge is 2.29. The normalized spacial score (nSPS) is 20.5. The second-order valence-electron chi connectivity index (χ2n) is 5.37. The molecule has 1 fully saturated rings. The van der Waals surface area contributed by atoms with E-state index in [9.17, 15) is 4.79 Å². The molecule has 0 spiro atoms. The number of rotatable bonds is 4. The van der Waals surface area contributed by atoms with Crippen molar-refractivity contribution in [1.29, 1.82) is 5.26 Å². The van der Waals surface area contributed by atoms with E-state index in [1.165, 1.54) is 6.20 Å². The number of carbonyl (C=O) groups is 1. The SMILES string of the molecule is N#Cc1c[nH]c(C(=O)NC[C@H]2CCO[C@@H]2c2ccccc2)c1.